The summed E-state index contributed by atoms with van der Waals surface area (Å²) < 4.78 is 27.3. The number of amides is 1. The zero-order chi connectivity index (χ0) is 16.4. The number of benzene rings is 1. The van der Waals surface area contributed by atoms with Crippen molar-refractivity contribution < 1.29 is 13.2 Å². The van der Waals surface area contributed by atoms with Crippen LogP contribution in [0.15, 0.2) is 29.2 Å². The van der Waals surface area contributed by atoms with Gasteiger partial charge in [0.25, 0.3) is 5.91 Å². The normalized spacial score (nSPS) is 22.1. The van der Waals surface area contributed by atoms with E-state index in [0.29, 0.717) is 5.56 Å². The van der Waals surface area contributed by atoms with Gasteiger partial charge in [0.1, 0.15) is 0 Å². The zero-order valence-electron chi connectivity index (χ0n) is 13.5. The van der Waals surface area contributed by atoms with Gasteiger partial charge in [0.2, 0.25) is 10.0 Å². The highest BCUT2D eigenvalue weighted by Gasteiger charge is 2.30. The number of nitrogens with zero attached hydrogens (tertiary/aromatic N) is 1. The summed E-state index contributed by atoms with van der Waals surface area (Å²) in [6, 6.07) is 6.75. The molecule has 5 nitrogen and oxygen atoms in total. The topological polar surface area (TPSA) is 66.5 Å². The molecule has 1 saturated heterocycles. The highest BCUT2D eigenvalue weighted by molar-refractivity contribution is 7.89. The third-order valence-corrected chi connectivity index (χ3v) is 6.17. The Morgan fingerprint density at radius 1 is 1.26 bits per heavy atom. The molecule has 3 rings (SSSR count). The van der Waals surface area contributed by atoms with Crippen LogP contribution in [0.5, 0.6) is 0 Å². The first-order chi connectivity index (χ1) is 11.0. The Balaban J connectivity index is 1.82. The highest BCUT2D eigenvalue weighted by atomic mass is 32.2. The molecule has 1 N–H and O–H groups in total. The van der Waals surface area contributed by atoms with E-state index in [2.05, 4.69) is 11.6 Å². The first-order valence-electron chi connectivity index (χ1n) is 8.44. The van der Waals surface area contributed by atoms with Crippen molar-refractivity contribution in [2.45, 2.75) is 62.4 Å². The summed E-state index contributed by atoms with van der Waals surface area (Å²) in [4.78, 5) is 14.9. The summed E-state index contributed by atoms with van der Waals surface area (Å²) in [5.74, 6) is -0.0555. The van der Waals surface area contributed by atoms with E-state index in [9.17, 15) is 13.2 Å². The van der Waals surface area contributed by atoms with Gasteiger partial charge < -0.3 is 4.90 Å². The zero-order valence-corrected chi connectivity index (χ0v) is 14.3. The van der Waals surface area contributed by atoms with Crippen molar-refractivity contribution in [3.8, 4) is 0 Å². The maximum atomic E-state index is 12.8. The minimum Gasteiger partial charge on any atom is -0.336 e. The first-order valence-corrected chi connectivity index (χ1v) is 9.93. The average molecular weight is 336 g/mol. The smallest absolute Gasteiger partial charge is 0.254 e. The molecule has 0 aromatic heterocycles. The van der Waals surface area contributed by atoms with Crippen molar-refractivity contribution in [2.24, 2.45) is 0 Å². The van der Waals surface area contributed by atoms with Crippen LogP contribution in [0.3, 0.4) is 0 Å². The molecule has 1 heterocycles. The summed E-state index contributed by atoms with van der Waals surface area (Å²) in [5.41, 5.74) is 0.462. The van der Waals surface area contributed by atoms with E-state index in [1.54, 1.807) is 18.2 Å². The van der Waals surface area contributed by atoms with Gasteiger partial charge in [-0.05, 0) is 56.7 Å². The third kappa shape index (κ3) is 3.75. The molecule has 23 heavy (non-hydrogen) atoms. The molecule has 0 radical (unpaired) electrons. The van der Waals surface area contributed by atoms with Crippen LogP contribution in [0.1, 0.15) is 55.8 Å². The second-order valence-electron chi connectivity index (χ2n) is 6.48. The summed E-state index contributed by atoms with van der Waals surface area (Å²) in [7, 11) is -3.52. The predicted molar refractivity (Wildman–Crippen MR) is 88.8 cm³/mol. The van der Waals surface area contributed by atoms with E-state index in [1.165, 1.54) is 6.07 Å². The van der Waals surface area contributed by atoms with E-state index < -0.39 is 10.0 Å². The standard InChI is InChI=1S/C17H24N2O3S/c1-2-15-7-3-4-11-19(15)17(20)13-6-5-8-16(12-13)23(21,22)18-14-9-10-14/h5-6,8,12,14-15,18H,2-4,7,9-11H2,1H3. The molecular formula is C17H24N2O3S. The van der Waals surface area contributed by atoms with Gasteiger partial charge in [0.05, 0.1) is 4.90 Å². The summed E-state index contributed by atoms with van der Waals surface area (Å²) in [6.07, 6.45) is 5.93. The van der Waals surface area contributed by atoms with E-state index in [0.717, 1.165) is 45.1 Å². The number of likely N-dealkylation sites (tertiary alicyclic amines) is 1. The maximum Gasteiger partial charge on any atom is 0.254 e. The Hall–Kier alpha value is -1.40. The molecule has 2 aliphatic rings. The number of rotatable bonds is 5. The Bertz CT molecular complexity index is 683. The lowest BCUT2D eigenvalue weighted by molar-refractivity contribution is 0.0608. The van der Waals surface area contributed by atoms with E-state index in [-0.39, 0.29) is 22.9 Å². The Kier molecular flexibility index (Phi) is 4.73. The molecule has 1 saturated carbocycles. The fourth-order valence-electron chi connectivity index (χ4n) is 3.14. The largest absolute Gasteiger partial charge is 0.336 e. The molecule has 1 aromatic carbocycles. The molecule has 1 aliphatic heterocycles. The van der Waals surface area contributed by atoms with Crippen LogP contribution in [-0.4, -0.2) is 37.9 Å². The second-order valence-corrected chi connectivity index (χ2v) is 8.19. The van der Waals surface area contributed by atoms with Gasteiger partial charge in [-0.15, -0.1) is 0 Å². The lowest BCUT2D eigenvalue weighted by Gasteiger charge is -2.35. The number of nitrogens with one attached hydrogen (secondary N) is 1. The molecule has 0 spiro atoms. The number of carbonyl (C=O) groups excluding carboxylic acids is 1. The first kappa shape index (κ1) is 16.5. The molecule has 1 amide bonds. The Labute approximate surface area is 138 Å². The molecular weight excluding hydrogens is 312 g/mol. The summed E-state index contributed by atoms with van der Waals surface area (Å²) in [6.45, 7) is 2.85. The molecule has 6 heteroatoms. The van der Waals surface area contributed by atoms with Crippen molar-refractivity contribution in [3.63, 3.8) is 0 Å². The molecule has 126 valence electrons. The van der Waals surface area contributed by atoms with Gasteiger partial charge in [0.15, 0.2) is 0 Å². The van der Waals surface area contributed by atoms with Crippen LogP contribution in [0.25, 0.3) is 0 Å². The molecule has 1 aromatic rings. The van der Waals surface area contributed by atoms with Crippen LogP contribution in [0, 0.1) is 0 Å². The second kappa shape index (κ2) is 6.61. The Morgan fingerprint density at radius 2 is 2.04 bits per heavy atom. The van der Waals surface area contributed by atoms with Crippen molar-refractivity contribution >= 4 is 15.9 Å². The summed E-state index contributed by atoms with van der Waals surface area (Å²) in [5, 5.41) is 0. The fourth-order valence-corrected chi connectivity index (χ4v) is 4.49. The van der Waals surface area contributed by atoms with Gasteiger partial charge in [-0.25, -0.2) is 13.1 Å². The number of sulfonamides is 1. The SMILES string of the molecule is CCC1CCCCN1C(=O)c1cccc(S(=O)(=O)NC2CC2)c1. The highest BCUT2D eigenvalue weighted by Crippen LogP contribution is 2.24. The monoisotopic (exact) mass is 336 g/mol. The van der Waals surface area contributed by atoms with Crippen LogP contribution in [0.2, 0.25) is 0 Å². The molecule has 1 atom stereocenters. The molecule has 1 aliphatic carbocycles. The maximum absolute atomic E-state index is 12.8. The van der Waals surface area contributed by atoms with Crippen molar-refractivity contribution in [1.29, 1.82) is 0 Å². The number of hydrogen-bond acceptors (Lipinski definition) is 3. The predicted octanol–water partition coefficient (Wildman–Crippen LogP) is 2.53. The van der Waals surface area contributed by atoms with Crippen LogP contribution < -0.4 is 4.72 Å². The van der Waals surface area contributed by atoms with Gasteiger partial charge in [-0.1, -0.05) is 13.0 Å². The molecule has 2 fully saturated rings. The van der Waals surface area contributed by atoms with Gasteiger partial charge in [-0.2, -0.15) is 0 Å². The third-order valence-electron chi connectivity index (χ3n) is 4.65. The minimum absolute atomic E-state index is 0.0555. The van der Waals surface area contributed by atoms with Gasteiger partial charge in [-0.3, -0.25) is 4.79 Å². The van der Waals surface area contributed by atoms with E-state index in [1.807, 2.05) is 4.90 Å². The molecule has 1 unspecified atom stereocenters. The number of hydrogen-bond donors (Lipinski definition) is 1. The quantitative estimate of drug-likeness (QED) is 0.898. The van der Waals surface area contributed by atoms with Crippen molar-refractivity contribution in [2.75, 3.05) is 6.54 Å². The van der Waals surface area contributed by atoms with Crippen LogP contribution in [-0.2, 0) is 10.0 Å². The summed E-state index contributed by atoms with van der Waals surface area (Å²) >= 11 is 0. The lowest BCUT2D eigenvalue weighted by Crippen LogP contribution is -2.43. The number of piperidine rings is 1. The van der Waals surface area contributed by atoms with Crippen LogP contribution in [0.4, 0.5) is 0 Å². The van der Waals surface area contributed by atoms with E-state index in [4.69, 9.17) is 0 Å². The van der Waals surface area contributed by atoms with Crippen LogP contribution >= 0.6 is 0 Å². The average Bonchev–Trinajstić information content (AvgIpc) is 3.37. The Morgan fingerprint density at radius 3 is 2.74 bits per heavy atom. The molecule has 0 bridgehead atoms. The minimum atomic E-state index is -3.52. The van der Waals surface area contributed by atoms with E-state index >= 15 is 0 Å². The van der Waals surface area contributed by atoms with Crippen molar-refractivity contribution in [3.05, 3.63) is 29.8 Å². The van der Waals surface area contributed by atoms with Gasteiger partial charge in [0, 0.05) is 24.2 Å². The lowest BCUT2D eigenvalue weighted by atomic mass is 9.99. The van der Waals surface area contributed by atoms with Crippen molar-refractivity contribution in [1.82, 2.24) is 9.62 Å². The van der Waals surface area contributed by atoms with Gasteiger partial charge >= 0.3 is 0 Å². The fraction of sp³-hybridized carbons (Fsp3) is 0.588. The number of carbonyl (C=O) groups is 1.